The highest BCUT2D eigenvalue weighted by Crippen LogP contribution is 2.37. The summed E-state index contributed by atoms with van der Waals surface area (Å²) in [6.07, 6.45) is 15.6. The minimum absolute atomic E-state index is 0.0796. The molecule has 41 heavy (non-hydrogen) atoms. The van der Waals surface area contributed by atoms with Crippen molar-refractivity contribution in [1.29, 1.82) is 0 Å². The van der Waals surface area contributed by atoms with Gasteiger partial charge in [0.15, 0.2) is 11.6 Å². The molecule has 0 fully saturated rings. The Morgan fingerprint density at radius 3 is 1.10 bits per heavy atom. The van der Waals surface area contributed by atoms with Gasteiger partial charge in [-0.2, -0.15) is 0 Å². The lowest BCUT2D eigenvalue weighted by Gasteiger charge is -2.27. The number of Topliss-reactive ketones (excluding diaryl/α,β-unsaturated/α-hetero) is 2. The van der Waals surface area contributed by atoms with Crippen LogP contribution in [0.15, 0.2) is 46.6 Å². The summed E-state index contributed by atoms with van der Waals surface area (Å²) in [5, 5.41) is 18.7. The molecule has 0 atom stereocenters. The van der Waals surface area contributed by atoms with Crippen molar-refractivity contribution < 1.29 is 29.4 Å². The molecule has 6 heteroatoms. The standard InChI is InChI=1S/C35H52O6/c1-32(2)20-24(14-9-11-18-34(5,6)30(38)39)28(36)26(22-32)16-13-17-27-23-33(3,4)21-25(29(27)37)15-10-12-19-35(7,8)31(40)41/h20-23H,9-19H2,1-8H3,(H,38,39)(H,40,41). The zero-order chi connectivity index (χ0) is 31.2. The van der Waals surface area contributed by atoms with E-state index >= 15 is 0 Å². The van der Waals surface area contributed by atoms with E-state index in [4.69, 9.17) is 0 Å². The summed E-state index contributed by atoms with van der Waals surface area (Å²) >= 11 is 0. The summed E-state index contributed by atoms with van der Waals surface area (Å²) < 4.78 is 0. The van der Waals surface area contributed by atoms with E-state index in [2.05, 4.69) is 39.8 Å². The highest BCUT2D eigenvalue weighted by molar-refractivity contribution is 6.10. The van der Waals surface area contributed by atoms with Gasteiger partial charge in [0.05, 0.1) is 10.8 Å². The van der Waals surface area contributed by atoms with Crippen LogP contribution in [0.5, 0.6) is 0 Å². The number of unbranched alkanes of at least 4 members (excludes halogenated alkanes) is 2. The molecule has 6 nitrogen and oxygen atoms in total. The Morgan fingerprint density at radius 2 is 0.829 bits per heavy atom. The minimum atomic E-state index is -0.797. The lowest BCUT2D eigenvalue weighted by atomic mass is 9.76. The Bertz CT molecular complexity index is 1060. The third-order valence-electron chi connectivity index (χ3n) is 8.40. The molecule has 2 rings (SSSR count). The molecule has 0 aromatic heterocycles. The molecule has 2 N–H and O–H groups in total. The predicted molar refractivity (Wildman–Crippen MR) is 164 cm³/mol. The number of carbonyl (C=O) groups excluding carboxylic acids is 2. The maximum atomic E-state index is 13.3. The topological polar surface area (TPSA) is 109 Å². The monoisotopic (exact) mass is 568 g/mol. The van der Waals surface area contributed by atoms with Gasteiger partial charge < -0.3 is 10.2 Å². The molecular weight excluding hydrogens is 516 g/mol. The quantitative estimate of drug-likeness (QED) is 0.181. The van der Waals surface area contributed by atoms with E-state index < -0.39 is 22.8 Å². The molecule has 2 aliphatic carbocycles. The van der Waals surface area contributed by atoms with Gasteiger partial charge in [-0.05, 0) is 108 Å². The van der Waals surface area contributed by atoms with Gasteiger partial charge in [-0.1, -0.05) is 64.8 Å². The van der Waals surface area contributed by atoms with E-state index in [1.807, 2.05) is 12.2 Å². The van der Waals surface area contributed by atoms with Crippen molar-refractivity contribution in [3.05, 3.63) is 46.6 Å². The number of rotatable bonds is 16. The Balaban J connectivity index is 1.94. The van der Waals surface area contributed by atoms with Gasteiger partial charge in [-0.3, -0.25) is 19.2 Å². The fraction of sp³-hybridized carbons (Fsp3) is 0.657. The molecule has 0 unspecified atom stereocenters. The van der Waals surface area contributed by atoms with Gasteiger partial charge >= 0.3 is 11.9 Å². The zero-order valence-corrected chi connectivity index (χ0v) is 26.6. The van der Waals surface area contributed by atoms with E-state index in [0.717, 1.165) is 48.0 Å². The molecule has 0 radical (unpaired) electrons. The second kappa shape index (κ2) is 13.5. The summed E-state index contributed by atoms with van der Waals surface area (Å²) in [6.45, 7) is 15.3. The number of carbonyl (C=O) groups is 4. The Kier molecular flexibility index (Phi) is 11.3. The Labute approximate surface area is 247 Å². The molecule has 2 aliphatic rings. The average molecular weight is 569 g/mol. The van der Waals surface area contributed by atoms with Crippen LogP contribution in [0.25, 0.3) is 0 Å². The molecule has 0 saturated heterocycles. The molecule has 0 bridgehead atoms. The molecule has 0 amide bonds. The number of aliphatic carboxylic acids is 2. The van der Waals surface area contributed by atoms with Crippen LogP contribution in [0.3, 0.4) is 0 Å². The zero-order valence-electron chi connectivity index (χ0n) is 26.6. The first-order chi connectivity index (χ1) is 18.8. The third kappa shape index (κ3) is 10.2. The van der Waals surface area contributed by atoms with Gasteiger partial charge in [-0.25, -0.2) is 0 Å². The number of hydrogen-bond donors (Lipinski definition) is 2. The first kappa shape index (κ1) is 34.4. The van der Waals surface area contributed by atoms with E-state index in [1.54, 1.807) is 27.7 Å². The van der Waals surface area contributed by atoms with Crippen molar-refractivity contribution in [2.24, 2.45) is 21.7 Å². The maximum absolute atomic E-state index is 13.3. The van der Waals surface area contributed by atoms with Crippen molar-refractivity contribution in [3.8, 4) is 0 Å². The van der Waals surface area contributed by atoms with Crippen LogP contribution in [-0.2, 0) is 19.2 Å². The highest BCUT2D eigenvalue weighted by atomic mass is 16.4. The molecule has 0 spiro atoms. The molecule has 0 aromatic rings. The number of carboxylic acids is 2. The summed E-state index contributed by atoms with van der Waals surface area (Å²) in [5.41, 5.74) is 1.24. The van der Waals surface area contributed by atoms with Gasteiger partial charge in [0.1, 0.15) is 0 Å². The first-order valence-electron chi connectivity index (χ1n) is 15.2. The van der Waals surface area contributed by atoms with E-state index in [1.165, 1.54) is 0 Å². The summed E-state index contributed by atoms with van der Waals surface area (Å²) in [7, 11) is 0. The van der Waals surface area contributed by atoms with Crippen LogP contribution in [-0.4, -0.2) is 33.7 Å². The highest BCUT2D eigenvalue weighted by Gasteiger charge is 2.30. The second-order valence-corrected chi connectivity index (χ2v) is 14.6. The van der Waals surface area contributed by atoms with E-state index in [0.29, 0.717) is 44.9 Å². The first-order valence-corrected chi connectivity index (χ1v) is 15.2. The van der Waals surface area contributed by atoms with Crippen LogP contribution in [0, 0.1) is 21.7 Å². The van der Waals surface area contributed by atoms with Crippen molar-refractivity contribution in [3.63, 3.8) is 0 Å². The third-order valence-corrected chi connectivity index (χ3v) is 8.40. The number of hydrogen-bond acceptors (Lipinski definition) is 4. The number of allylic oxidation sites excluding steroid dienone is 8. The summed E-state index contributed by atoms with van der Waals surface area (Å²) in [4.78, 5) is 49.4. The largest absolute Gasteiger partial charge is 0.481 e. The normalized spacial score (nSPS) is 18.8. The fourth-order valence-electron chi connectivity index (χ4n) is 5.74. The van der Waals surface area contributed by atoms with Gasteiger partial charge in [0.2, 0.25) is 0 Å². The molecule has 228 valence electrons. The smallest absolute Gasteiger partial charge is 0.309 e. The summed E-state index contributed by atoms with van der Waals surface area (Å²) in [6, 6.07) is 0. The molecular formula is C35H52O6. The lowest BCUT2D eigenvalue weighted by Crippen LogP contribution is -2.23. The van der Waals surface area contributed by atoms with Crippen molar-refractivity contribution in [2.45, 2.75) is 126 Å². The van der Waals surface area contributed by atoms with Crippen LogP contribution in [0.1, 0.15) is 126 Å². The molecule has 0 saturated carbocycles. The van der Waals surface area contributed by atoms with Crippen LogP contribution in [0.4, 0.5) is 0 Å². The van der Waals surface area contributed by atoms with Crippen molar-refractivity contribution in [1.82, 2.24) is 0 Å². The van der Waals surface area contributed by atoms with Gasteiger partial charge in [0.25, 0.3) is 0 Å². The Hall–Kier alpha value is -2.76. The second-order valence-electron chi connectivity index (χ2n) is 14.6. The summed E-state index contributed by atoms with van der Waals surface area (Å²) in [5.74, 6) is -1.43. The molecule has 0 aliphatic heterocycles. The number of carboxylic acid groups (broad SMARTS) is 2. The van der Waals surface area contributed by atoms with Crippen LogP contribution < -0.4 is 0 Å². The molecule has 0 heterocycles. The Morgan fingerprint density at radius 1 is 0.561 bits per heavy atom. The fourth-order valence-corrected chi connectivity index (χ4v) is 5.74. The lowest BCUT2D eigenvalue weighted by molar-refractivity contribution is -0.148. The van der Waals surface area contributed by atoms with E-state index in [9.17, 15) is 29.4 Å². The maximum Gasteiger partial charge on any atom is 0.309 e. The van der Waals surface area contributed by atoms with Gasteiger partial charge in [-0.15, -0.1) is 0 Å². The number of ketones is 2. The van der Waals surface area contributed by atoms with Crippen molar-refractivity contribution >= 4 is 23.5 Å². The van der Waals surface area contributed by atoms with Crippen molar-refractivity contribution in [2.75, 3.05) is 0 Å². The van der Waals surface area contributed by atoms with E-state index in [-0.39, 0.29) is 22.4 Å². The van der Waals surface area contributed by atoms with Crippen LogP contribution >= 0.6 is 0 Å². The minimum Gasteiger partial charge on any atom is -0.481 e. The van der Waals surface area contributed by atoms with Crippen LogP contribution in [0.2, 0.25) is 0 Å². The van der Waals surface area contributed by atoms with Gasteiger partial charge in [0, 0.05) is 10.8 Å². The predicted octanol–water partition coefficient (Wildman–Crippen LogP) is 8.42. The SMILES string of the molecule is CC1(C)C=C(CCCCC(C)(C)C(=O)O)C(=O)C(CCCC2=CC(C)(C)C=C(CCCCC(C)(C)C(=O)O)C2=O)=C1. The molecule has 0 aromatic carbocycles. The average Bonchev–Trinajstić information content (AvgIpc) is 2.83.